The number of nitrogens with one attached hydrogen (secondary N) is 2. The topological polar surface area (TPSA) is 77.8 Å². The van der Waals surface area contributed by atoms with Gasteiger partial charge < -0.3 is 19.5 Å². The van der Waals surface area contributed by atoms with E-state index in [1.165, 1.54) is 0 Å². The maximum atomic E-state index is 12.8. The van der Waals surface area contributed by atoms with Gasteiger partial charge in [-0.3, -0.25) is 14.9 Å². The second-order valence-corrected chi connectivity index (χ2v) is 10.7. The van der Waals surface area contributed by atoms with E-state index in [9.17, 15) is 9.59 Å². The summed E-state index contributed by atoms with van der Waals surface area (Å²) in [5.41, 5.74) is 3.09. The molecule has 1 aliphatic rings. The number of carbonyl (C=O) groups is 2. The Morgan fingerprint density at radius 3 is 2.17 bits per heavy atom. The zero-order valence-corrected chi connectivity index (χ0v) is 24.1. The van der Waals surface area contributed by atoms with Crippen molar-refractivity contribution in [1.29, 1.82) is 0 Å². The molecular weight excluding hydrogens is 591 g/mol. The summed E-state index contributed by atoms with van der Waals surface area (Å²) in [5, 5.41) is 7.21. The number of benzene rings is 3. The third kappa shape index (κ3) is 6.59. The molecule has 3 aromatic carbocycles. The van der Waals surface area contributed by atoms with Crippen LogP contribution in [0, 0.1) is 0 Å². The fraction of sp³-hybridized carbons (Fsp3) is 0.138. The molecule has 5 rings (SSSR count). The first-order valence-electron chi connectivity index (χ1n) is 12.3. The Balaban J connectivity index is 1.12. The van der Waals surface area contributed by atoms with Crippen molar-refractivity contribution < 1.29 is 14.0 Å². The molecule has 4 aromatic rings. The number of furan rings is 1. The molecule has 0 saturated carbocycles. The molecule has 0 aliphatic carbocycles. The normalized spacial score (nSPS) is 13.2. The average molecular weight is 614 g/mol. The van der Waals surface area contributed by atoms with Gasteiger partial charge in [-0.25, -0.2) is 0 Å². The lowest BCUT2D eigenvalue weighted by Crippen LogP contribution is -2.48. The summed E-state index contributed by atoms with van der Waals surface area (Å²) in [6.45, 7) is 2.68. The highest BCUT2D eigenvalue weighted by Crippen LogP contribution is 2.29. The minimum absolute atomic E-state index is 0.00609. The van der Waals surface area contributed by atoms with Crippen LogP contribution in [-0.4, -0.2) is 48.0 Å². The first kappa shape index (κ1) is 28.0. The molecule has 0 bridgehead atoms. The summed E-state index contributed by atoms with van der Waals surface area (Å²) in [4.78, 5) is 29.5. The monoisotopic (exact) mass is 612 g/mol. The van der Waals surface area contributed by atoms with Crippen molar-refractivity contribution >= 4 is 75.3 Å². The minimum Gasteiger partial charge on any atom is -0.451 e. The van der Waals surface area contributed by atoms with Crippen LogP contribution in [0.25, 0.3) is 11.3 Å². The molecule has 0 atom stereocenters. The summed E-state index contributed by atoms with van der Waals surface area (Å²) in [5.74, 6) is 0.112. The van der Waals surface area contributed by atoms with Crippen LogP contribution in [0.3, 0.4) is 0 Å². The Morgan fingerprint density at radius 1 is 0.800 bits per heavy atom. The van der Waals surface area contributed by atoms with Gasteiger partial charge in [0.25, 0.3) is 11.8 Å². The molecule has 1 fully saturated rings. The quantitative estimate of drug-likeness (QED) is 0.236. The van der Waals surface area contributed by atoms with Gasteiger partial charge in [-0.1, -0.05) is 34.8 Å². The van der Waals surface area contributed by atoms with E-state index in [1.807, 2.05) is 29.2 Å². The SMILES string of the molecule is O=C(NC(=S)Nc1ccc(N2CCN(C(=O)c3ccc(Cl)cc3)CC2)cc1)c1ccc(-c2ccc(Cl)c(Cl)c2)o1. The summed E-state index contributed by atoms with van der Waals surface area (Å²) >= 11 is 23.3. The van der Waals surface area contributed by atoms with Crippen LogP contribution in [0.15, 0.2) is 83.3 Å². The fourth-order valence-electron chi connectivity index (χ4n) is 4.29. The van der Waals surface area contributed by atoms with Crippen molar-refractivity contribution in [2.24, 2.45) is 0 Å². The highest BCUT2D eigenvalue weighted by Gasteiger charge is 2.22. The number of amides is 2. The van der Waals surface area contributed by atoms with Gasteiger partial charge in [-0.05, 0) is 91.1 Å². The number of anilines is 2. The van der Waals surface area contributed by atoms with Gasteiger partial charge in [0, 0.05) is 53.7 Å². The van der Waals surface area contributed by atoms with E-state index in [1.54, 1.807) is 54.6 Å². The maximum Gasteiger partial charge on any atom is 0.293 e. The van der Waals surface area contributed by atoms with Gasteiger partial charge in [0.1, 0.15) is 5.76 Å². The second kappa shape index (κ2) is 12.3. The Morgan fingerprint density at radius 2 is 1.50 bits per heavy atom. The summed E-state index contributed by atoms with van der Waals surface area (Å²) in [6.07, 6.45) is 0. The van der Waals surface area contributed by atoms with E-state index in [-0.39, 0.29) is 16.8 Å². The summed E-state index contributed by atoms with van der Waals surface area (Å²) in [7, 11) is 0. The number of piperazine rings is 1. The predicted molar refractivity (Wildman–Crippen MR) is 164 cm³/mol. The van der Waals surface area contributed by atoms with Gasteiger partial charge in [0.05, 0.1) is 10.0 Å². The van der Waals surface area contributed by atoms with Crippen LogP contribution in [0.2, 0.25) is 15.1 Å². The Bertz CT molecular complexity index is 1550. The largest absolute Gasteiger partial charge is 0.451 e. The summed E-state index contributed by atoms with van der Waals surface area (Å²) < 4.78 is 5.68. The number of thiocarbonyl (C=S) groups is 1. The van der Waals surface area contributed by atoms with Gasteiger partial charge in [-0.15, -0.1) is 0 Å². The van der Waals surface area contributed by atoms with Crippen molar-refractivity contribution in [3.8, 4) is 11.3 Å². The lowest BCUT2D eigenvalue weighted by molar-refractivity contribution is 0.0746. The van der Waals surface area contributed by atoms with E-state index < -0.39 is 5.91 Å². The fourth-order valence-corrected chi connectivity index (χ4v) is 4.92. The van der Waals surface area contributed by atoms with Crippen molar-refractivity contribution in [3.05, 3.63) is 105 Å². The third-order valence-corrected chi connectivity index (χ3v) is 7.60. The zero-order chi connectivity index (χ0) is 28.2. The maximum absolute atomic E-state index is 12.8. The molecule has 11 heteroatoms. The Hall–Kier alpha value is -3.56. The number of nitrogens with zero attached hydrogens (tertiary/aromatic N) is 2. The number of rotatable bonds is 5. The van der Waals surface area contributed by atoms with Crippen LogP contribution >= 0.6 is 47.0 Å². The number of carbonyl (C=O) groups excluding carboxylic acids is 2. The van der Waals surface area contributed by atoms with Crippen LogP contribution in [-0.2, 0) is 0 Å². The smallest absolute Gasteiger partial charge is 0.293 e. The van der Waals surface area contributed by atoms with Crippen LogP contribution in [0.4, 0.5) is 11.4 Å². The van der Waals surface area contributed by atoms with Crippen LogP contribution in [0.1, 0.15) is 20.9 Å². The molecule has 2 N–H and O–H groups in total. The van der Waals surface area contributed by atoms with Crippen molar-refractivity contribution in [2.75, 3.05) is 36.4 Å². The van der Waals surface area contributed by atoms with E-state index in [2.05, 4.69) is 15.5 Å². The molecule has 40 heavy (non-hydrogen) atoms. The molecular formula is C29H23Cl3N4O3S. The Labute approximate surface area is 251 Å². The van der Waals surface area contributed by atoms with Gasteiger partial charge in [0.15, 0.2) is 10.9 Å². The van der Waals surface area contributed by atoms with Crippen LogP contribution in [0.5, 0.6) is 0 Å². The van der Waals surface area contributed by atoms with E-state index in [4.69, 9.17) is 51.4 Å². The van der Waals surface area contributed by atoms with E-state index >= 15 is 0 Å². The predicted octanol–water partition coefficient (Wildman–Crippen LogP) is 7.00. The van der Waals surface area contributed by atoms with E-state index in [0.717, 1.165) is 11.4 Å². The average Bonchev–Trinajstić information content (AvgIpc) is 3.46. The number of halogens is 3. The molecule has 1 saturated heterocycles. The molecule has 0 unspecified atom stereocenters. The lowest BCUT2D eigenvalue weighted by atomic mass is 10.1. The summed E-state index contributed by atoms with van der Waals surface area (Å²) in [6, 6.07) is 23.0. The van der Waals surface area contributed by atoms with Crippen molar-refractivity contribution in [1.82, 2.24) is 10.2 Å². The van der Waals surface area contributed by atoms with Gasteiger partial charge in [-0.2, -0.15) is 0 Å². The highest BCUT2D eigenvalue weighted by atomic mass is 35.5. The molecule has 0 radical (unpaired) electrons. The molecule has 7 nitrogen and oxygen atoms in total. The molecule has 2 heterocycles. The highest BCUT2D eigenvalue weighted by molar-refractivity contribution is 7.80. The number of hydrogen-bond donors (Lipinski definition) is 2. The van der Waals surface area contributed by atoms with Crippen molar-refractivity contribution in [2.45, 2.75) is 0 Å². The Kier molecular flexibility index (Phi) is 8.61. The lowest BCUT2D eigenvalue weighted by Gasteiger charge is -2.36. The third-order valence-electron chi connectivity index (χ3n) is 6.41. The minimum atomic E-state index is -0.480. The van der Waals surface area contributed by atoms with E-state index in [0.29, 0.717) is 58.1 Å². The first-order chi connectivity index (χ1) is 19.3. The second-order valence-electron chi connectivity index (χ2n) is 9.03. The molecule has 2 amide bonds. The van der Waals surface area contributed by atoms with Crippen molar-refractivity contribution in [3.63, 3.8) is 0 Å². The standard InChI is InChI=1S/C29H23Cl3N4O3S/c30-20-4-1-18(2-5-20)28(38)36-15-13-35(14-16-36)22-8-6-21(7-9-22)33-29(40)34-27(37)26-12-11-25(39-26)19-3-10-23(31)24(32)17-19/h1-12,17H,13-16H2,(H2,33,34,37,40). The zero-order valence-electron chi connectivity index (χ0n) is 21.0. The number of hydrogen-bond acceptors (Lipinski definition) is 5. The van der Waals surface area contributed by atoms with Gasteiger partial charge in [0.2, 0.25) is 0 Å². The van der Waals surface area contributed by atoms with Gasteiger partial charge >= 0.3 is 0 Å². The first-order valence-corrected chi connectivity index (χ1v) is 13.9. The molecule has 1 aliphatic heterocycles. The molecule has 1 aromatic heterocycles. The molecule has 204 valence electrons. The molecule has 0 spiro atoms. The van der Waals surface area contributed by atoms with Crippen LogP contribution < -0.4 is 15.5 Å².